The van der Waals surface area contributed by atoms with Crippen molar-refractivity contribution in [3.8, 4) is 0 Å². The maximum atomic E-state index is 12.1. The number of pyridine rings is 1. The van der Waals surface area contributed by atoms with Gasteiger partial charge in [0, 0.05) is 17.6 Å². The van der Waals surface area contributed by atoms with Gasteiger partial charge < -0.3 is 5.32 Å². The first-order chi connectivity index (χ1) is 9.98. The van der Waals surface area contributed by atoms with E-state index in [-0.39, 0.29) is 5.75 Å². The summed E-state index contributed by atoms with van der Waals surface area (Å²) in [7, 11) is -3.34. The normalized spacial score (nSPS) is 12.0. The van der Waals surface area contributed by atoms with E-state index in [1.807, 2.05) is 26.0 Å². The third-order valence-electron chi connectivity index (χ3n) is 3.05. The SMILES string of the molecule is CC(C)NCCCS(=O)(=O)Nc1cccc2ncccc12. The first-order valence-corrected chi connectivity index (χ1v) is 8.71. The van der Waals surface area contributed by atoms with E-state index in [0.29, 0.717) is 24.7 Å². The summed E-state index contributed by atoms with van der Waals surface area (Å²) in [6.45, 7) is 4.77. The number of hydrogen-bond acceptors (Lipinski definition) is 4. The highest BCUT2D eigenvalue weighted by Gasteiger charge is 2.12. The Balaban J connectivity index is 2.05. The molecule has 21 heavy (non-hydrogen) atoms. The molecule has 0 fully saturated rings. The Bertz CT molecular complexity index is 694. The summed E-state index contributed by atoms with van der Waals surface area (Å²) in [5, 5.41) is 4.02. The Labute approximate surface area is 125 Å². The first-order valence-electron chi connectivity index (χ1n) is 7.05. The fourth-order valence-electron chi connectivity index (χ4n) is 2.06. The summed E-state index contributed by atoms with van der Waals surface area (Å²) >= 11 is 0. The number of benzene rings is 1. The van der Waals surface area contributed by atoms with Gasteiger partial charge in [0.15, 0.2) is 0 Å². The fraction of sp³-hybridized carbons (Fsp3) is 0.400. The zero-order chi connectivity index (χ0) is 15.3. The molecule has 0 radical (unpaired) electrons. The Morgan fingerprint density at radius 3 is 2.76 bits per heavy atom. The fourth-order valence-corrected chi connectivity index (χ4v) is 3.20. The first kappa shape index (κ1) is 15.7. The molecule has 0 amide bonds. The van der Waals surface area contributed by atoms with Gasteiger partial charge in [0.05, 0.1) is 17.0 Å². The van der Waals surface area contributed by atoms with Gasteiger partial charge in [-0.25, -0.2) is 8.42 Å². The monoisotopic (exact) mass is 307 g/mol. The van der Waals surface area contributed by atoms with Crippen LogP contribution in [0, 0.1) is 0 Å². The van der Waals surface area contributed by atoms with E-state index >= 15 is 0 Å². The minimum atomic E-state index is -3.34. The van der Waals surface area contributed by atoms with E-state index in [0.717, 1.165) is 10.9 Å². The molecular weight excluding hydrogens is 286 g/mol. The predicted octanol–water partition coefficient (Wildman–Crippen LogP) is 2.36. The van der Waals surface area contributed by atoms with Crippen LogP contribution in [0.5, 0.6) is 0 Å². The van der Waals surface area contributed by atoms with E-state index < -0.39 is 10.0 Å². The number of aromatic nitrogens is 1. The number of nitrogens with one attached hydrogen (secondary N) is 2. The molecule has 0 aliphatic rings. The summed E-state index contributed by atoms with van der Waals surface area (Å²) in [6.07, 6.45) is 2.27. The number of fused-ring (bicyclic) bond motifs is 1. The molecule has 0 bridgehead atoms. The van der Waals surface area contributed by atoms with Gasteiger partial charge in [-0.3, -0.25) is 9.71 Å². The molecule has 0 saturated heterocycles. The third kappa shape index (κ3) is 4.68. The lowest BCUT2D eigenvalue weighted by Gasteiger charge is -2.11. The molecule has 0 aliphatic carbocycles. The Kier molecular flexibility index (Phi) is 5.14. The van der Waals surface area contributed by atoms with Gasteiger partial charge in [-0.05, 0) is 37.2 Å². The van der Waals surface area contributed by atoms with Crippen LogP contribution in [0.15, 0.2) is 36.5 Å². The number of anilines is 1. The van der Waals surface area contributed by atoms with E-state index in [1.165, 1.54) is 0 Å². The molecule has 114 valence electrons. The van der Waals surface area contributed by atoms with Gasteiger partial charge in [0.1, 0.15) is 0 Å². The molecule has 0 saturated carbocycles. The lowest BCUT2D eigenvalue weighted by atomic mass is 10.2. The van der Waals surface area contributed by atoms with Gasteiger partial charge in [-0.15, -0.1) is 0 Å². The van der Waals surface area contributed by atoms with Crippen molar-refractivity contribution in [2.24, 2.45) is 0 Å². The van der Waals surface area contributed by atoms with E-state index in [4.69, 9.17) is 0 Å². The Morgan fingerprint density at radius 2 is 2.00 bits per heavy atom. The molecule has 2 aromatic rings. The number of rotatable bonds is 7. The van der Waals surface area contributed by atoms with Crippen molar-refractivity contribution in [3.05, 3.63) is 36.5 Å². The second-order valence-electron chi connectivity index (χ2n) is 5.26. The summed E-state index contributed by atoms with van der Waals surface area (Å²) in [6, 6.07) is 9.44. The summed E-state index contributed by atoms with van der Waals surface area (Å²) in [4.78, 5) is 4.22. The van der Waals surface area contributed by atoms with Crippen LogP contribution in [0.3, 0.4) is 0 Å². The van der Waals surface area contributed by atoms with Crippen molar-refractivity contribution >= 4 is 26.6 Å². The molecule has 1 aromatic heterocycles. The number of sulfonamides is 1. The second kappa shape index (κ2) is 6.87. The maximum absolute atomic E-state index is 12.1. The predicted molar refractivity (Wildman–Crippen MR) is 86.9 cm³/mol. The van der Waals surface area contributed by atoms with Crippen molar-refractivity contribution < 1.29 is 8.42 Å². The highest BCUT2D eigenvalue weighted by molar-refractivity contribution is 7.92. The number of hydrogen-bond donors (Lipinski definition) is 2. The topological polar surface area (TPSA) is 71.1 Å². The van der Waals surface area contributed by atoms with Gasteiger partial charge in [-0.2, -0.15) is 0 Å². The standard InChI is InChI=1S/C15H21N3O2S/c1-12(2)16-10-5-11-21(19,20)18-15-8-3-7-14-13(15)6-4-9-17-14/h3-4,6-9,12,16,18H,5,10-11H2,1-2H3. The molecule has 2 N–H and O–H groups in total. The van der Waals surface area contributed by atoms with Gasteiger partial charge in [0.2, 0.25) is 10.0 Å². The molecule has 0 aliphatic heterocycles. The molecule has 5 nitrogen and oxygen atoms in total. The van der Waals surface area contributed by atoms with Crippen molar-refractivity contribution in [3.63, 3.8) is 0 Å². The molecule has 6 heteroatoms. The largest absolute Gasteiger partial charge is 0.314 e. The van der Waals surface area contributed by atoms with Crippen LogP contribution in [-0.4, -0.2) is 31.7 Å². The van der Waals surface area contributed by atoms with Crippen LogP contribution in [0.1, 0.15) is 20.3 Å². The summed E-state index contributed by atoms with van der Waals surface area (Å²) in [5.41, 5.74) is 1.36. The van der Waals surface area contributed by atoms with E-state index in [1.54, 1.807) is 24.4 Å². The zero-order valence-corrected chi connectivity index (χ0v) is 13.2. The van der Waals surface area contributed by atoms with E-state index in [9.17, 15) is 8.42 Å². The average molecular weight is 307 g/mol. The highest BCUT2D eigenvalue weighted by Crippen LogP contribution is 2.22. The lowest BCUT2D eigenvalue weighted by molar-refractivity contribution is 0.571. The smallest absolute Gasteiger partial charge is 0.232 e. The Hall–Kier alpha value is -1.66. The zero-order valence-electron chi connectivity index (χ0n) is 12.3. The van der Waals surface area contributed by atoms with Crippen molar-refractivity contribution in [1.29, 1.82) is 0 Å². The Morgan fingerprint density at radius 1 is 1.19 bits per heavy atom. The van der Waals surface area contributed by atoms with Crippen molar-refractivity contribution in [1.82, 2.24) is 10.3 Å². The molecule has 1 aromatic carbocycles. The minimum Gasteiger partial charge on any atom is -0.314 e. The van der Waals surface area contributed by atoms with Crippen LogP contribution < -0.4 is 10.0 Å². The summed E-state index contributed by atoms with van der Waals surface area (Å²) in [5.74, 6) is 0.101. The maximum Gasteiger partial charge on any atom is 0.232 e. The summed E-state index contributed by atoms with van der Waals surface area (Å²) < 4.78 is 26.9. The lowest BCUT2D eigenvalue weighted by Crippen LogP contribution is -2.26. The average Bonchev–Trinajstić information content (AvgIpc) is 2.44. The van der Waals surface area contributed by atoms with Crippen LogP contribution in [-0.2, 0) is 10.0 Å². The van der Waals surface area contributed by atoms with Gasteiger partial charge in [-0.1, -0.05) is 19.9 Å². The molecule has 1 heterocycles. The molecule has 0 atom stereocenters. The molecule has 0 unspecified atom stereocenters. The van der Waals surface area contributed by atoms with Crippen LogP contribution in [0.4, 0.5) is 5.69 Å². The van der Waals surface area contributed by atoms with E-state index in [2.05, 4.69) is 15.0 Å². The van der Waals surface area contributed by atoms with Crippen LogP contribution >= 0.6 is 0 Å². The molecular formula is C15H21N3O2S. The van der Waals surface area contributed by atoms with Crippen molar-refractivity contribution in [2.45, 2.75) is 26.3 Å². The molecule has 0 spiro atoms. The highest BCUT2D eigenvalue weighted by atomic mass is 32.2. The van der Waals surface area contributed by atoms with Crippen molar-refractivity contribution in [2.75, 3.05) is 17.0 Å². The van der Waals surface area contributed by atoms with Crippen LogP contribution in [0.2, 0.25) is 0 Å². The van der Waals surface area contributed by atoms with Gasteiger partial charge in [0.25, 0.3) is 0 Å². The quantitative estimate of drug-likeness (QED) is 0.770. The minimum absolute atomic E-state index is 0.101. The molecule has 2 rings (SSSR count). The van der Waals surface area contributed by atoms with Crippen LogP contribution in [0.25, 0.3) is 10.9 Å². The number of nitrogens with zero attached hydrogens (tertiary/aromatic N) is 1. The van der Waals surface area contributed by atoms with Gasteiger partial charge >= 0.3 is 0 Å². The second-order valence-corrected chi connectivity index (χ2v) is 7.10. The third-order valence-corrected chi connectivity index (χ3v) is 4.41.